The van der Waals surface area contributed by atoms with Crippen LogP contribution in [-0.4, -0.2) is 48.6 Å². The average Bonchev–Trinajstić information content (AvgIpc) is 3.34. The molecule has 0 unspecified atom stereocenters. The van der Waals surface area contributed by atoms with Crippen LogP contribution < -0.4 is 10.6 Å². The first kappa shape index (κ1) is 24.4. The van der Waals surface area contributed by atoms with E-state index in [4.69, 9.17) is 0 Å². The molecule has 1 saturated heterocycles. The molecule has 2 aromatic heterocycles. The first-order valence-corrected chi connectivity index (χ1v) is 11.0. The summed E-state index contributed by atoms with van der Waals surface area (Å²) < 4.78 is 37.8. The Bertz CT molecular complexity index is 756. The highest BCUT2D eigenvalue weighted by atomic mass is 127. The number of aliphatic imine (C=N–C) groups is 1. The minimum Gasteiger partial charge on any atom is -0.356 e. The molecule has 162 valence electrons. The van der Waals surface area contributed by atoms with Crippen LogP contribution >= 0.6 is 46.7 Å². The third kappa shape index (κ3) is 7.68. The van der Waals surface area contributed by atoms with Crippen molar-refractivity contribution < 1.29 is 13.2 Å². The summed E-state index contributed by atoms with van der Waals surface area (Å²) in [5.74, 6) is 0.684. The molecule has 5 nitrogen and oxygen atoms in total. The Morgan fingerprint density at radius 3 is 2.66 bits per heavy atom. The smallest absolute Gasteiger partial charge is 0.356 e. The van der Waals surface area contributed by atoms with Crippen LogP contribution in [-0.2, 0) is 19.1 Å². The number of hydrogen-bond donors (Lipinski definition) is 2. The SMILES string of the molecule is CN=C(NCCc1nc(C(F)(F)F)cs1)NC1CCN(Cc2ccsc2)CC1.I. The molecule has 0 saturated carbocycles. The van der Waals surface area contributed by atoms with E-state index in [2.05, 4.69) is 42.3 Å². The van der Waals surface area contributed by atoms with Gasteiger partial charge in [0.25, 0.3) is 0 Å². The number of nitrogens with one attached hydrogen (secondary N) is 2. The summed E-state index contributed by atoms with van der Waals surface area (Å²) in [5.41, 5.74) is 0.550. The van der Waals surface area contributed by atoms with Crippen LogP contribution in [0.25, 0.3) is 0 Å². The number of guanidine groups is 1. The van der Waals surface area contributed by atoms with Gasteiger partial charge in [0.1, 0.15) is 0 Å². The average molecular weight is 559 g/mol. The van der Waals surface area contributed by atoms with Crippen molar-refractivity contribution in [3.05, 3.63) is 38.5 Å². The van der Waals surface area contributed by atoms with Gasteiger partial charge in [-0.05, 0) is 35.2 Å². The Kier molecular flexibility index (Phi) is 9.63. The van der Waals surface area contributed by atoms with E-state index in [-0.39, 0.29) is 24.0 Å². The van der Waals surface area contributed by atoms with Gasteiger partial charge in [0.05, 0.1) is 5.01 Å². The molecule has 1 aliphatic heterocycles. The summed E-state index contributed by atoms with van der Waals surface area (Å²) >= 11 is 2.76. The molecule has 11 heteroatoms. The number of rotatable bonds is 6. The minimum atomic E-state index is -4.38. The van der Waals surface area contributed by atoms with Gasteiger partial charge in [0.15, 0.2) is 11.7 Å². The van der Waals surface area contributed by atoms with E-state index < -0.39 is 11.9 Å². The number of thiazole rings is 1. The third-order valence-corrected chi connectivity index (χ3v) is 6.25. The summed E-state index contributed by atoms with van der Waals surface area (Å²) in [6.07, 6.45) is -1.88. The lowest BCUT2D eigenvalue weighted by Gasteiger charge is -2.32. The molecule has 2 N–H and O–H groups in total. The lowest BCUT2D eigenvalue weighted by Crippen LogP contribution is -2.48. The van der Waals surface area contributed by atoms with Crippen LogP contribution in [0.3, 0.4) is 0 Å². The number of halogens is 4. The van der Waals surface area contributed by atoms with E-state index >= 15 is 0 Å². The zero-order chi connectivity index (χ0) is 20.0. The molecule has 0 aliphatic carbocycles. The third-order valence-electron chi connectivity index (χ3n) is 4.61. The number of hydrogen-bond acceptors (Lipinski definition) is 5. The molecule has 0 amide bonds. The van der Waals surface area contributed by atoms with E-state index in [0.29, 0.717) is 30.0 Å². The molecule has 2 aromatic rings. The Balaban J connectivity index is 0.00000300. The zero-order valence-electron chi connectivity index (χ0n) is 16.0. The van der Waals surface area contributed by atoms with Crippen LogP contribution in [0.15, 0.2) is 27.2 Å². The van der Waals surface area contributed by atoms with Crippen molar-refractivity contribution in [3.8, 4) is 0 Å². The highest BCUT2D eigenvalue weighted by Gasteiger charge is 2.33. The van der Waals surface area contributed by atoms with Crippen molar-refractivity contribution in [3.63, 3.8) is 0 Å². The summed E-state index contributed by atoms with van der Waals surface area (Å²) in [7, 11) is 1.70. The molecule has 0 spiro atoms. The first-order valence-electron chi connectivity index (χ1n) is 9.16. The van der Waals surface area contributed by atoms with E-state index in [0.717, 1.165) is 49.2 Å². The predicted octanol–water partition coefficient (Wildman–Crippen LogP) is 4.21. The molecule has 3 rings (SSSR count). The van der Waals surface area contributed by atoms with Crippen molar-refractivity contribution in [1.82, 2.24) is 20.5 Å². The number of piperidine rings is 1. The van der Waals surface area contributed by atoms with E-state index in [1.165, 1.54) is 5.56 Å². The van der Waals surface area contributed by atoms with Crippen molar-refractivity contribution in [1.29, 1.82) is 0 Å². The Hall–Kier alpha value is -0.920. The van der Waals surface area contributed by atoms with E-state index in [1.807, 2.05) is 0 Å². The second-order valence-electron chi connectivity index (χ2n) is 6.70. The molecular formula is C18H25F3IN5S2. The minimum absolute atomic E-state index is 0. The van der Waals surface area contributed by atoms with Gasteiger partial charge < -0.3 is 10.6 Å². The maximum atomic E-state index is 12.6. The molecule has 0 bridgehead atoms. The summed E-state index contributed by atoms with van der Waals surface area (Å²) in [4.78, 5) is 10.3. The monoisotopic (exact) mass is 559 g/mol. The molecule has 0 radical (unpaired) electrons. The molecule has 3 heterocycles. The van der Waals surface area contributed by atoms with Crippen LogP contribution in [0.5, 0.6) is 0 Å². The summed E-state index contributed by atoms with van der Waals surface area (Å²) in [6, 6.07) is 2.52. The number of aromatic nitrogens is 1. The van der Waals surface area contributed by atoms with Crippen molar-refractivity contribution in [2.75, 3.05) is 26.7 Å². The molecule has 0 aromatic carbocycles. The van der Waals surface area contributed by atoms with Gasteiger partial charge in [-0.1, -0.05) is 0 Å². The lowest BCUT2D eigenvalue weighted by molar-refractivity contribution is -0.140. The molecule has 1 aliphatic rings. The predicted molar refractivity (Wildman–Crippen MR) is 123 cm³/mol. The van der Waals surface area contributed by atoms with Crippen molar-refractivity contribution in [2.45, 2.75) is 38.0 Å². The van der Waals surface area contributed by atoms with Crippen molar-refractivity contribution >= 4 is 52.6 Å². The van der Waals surface area contributed by atoms with Crippen LogP contribution in [0.1, 0.15) is 29.1 Å². The Morgan fingerprint density at radius 1 is 1.31 bits per heavy atom. The molecule has 1 fully saturated rings. The number of thiophene rings is 1. The van der Waals surface area contributed by atoms with Gasteiger partial charge in [-0.3, -0.25) is 9.89 Å². The van der Waals surface area contributed by atoms with Gasteiger partial charge in [0, 0.05) is 51.1 Å². The van der Waals surface area contributed by atoms with Gasteiger partial charge in [-0.2, -0.15) is 24.5 Å². The van der Waals surface area contributed by atoms with Crippen LogP contribution in [0.2, 0.25) is 0 Å². The standard InChI is InChI=1S/C18H24F3N5S2.HI/c1-22-17(23-6-2-16-25-15(12-28-16)18(19,20)21)24-14-3-7-26(8-4-14)10-13-5-9-27-11-13;/h5,9,11-12,14H,2-4,6-8,10H2,1H3,(H2,22,23,24);1H. The molecular weight excluding hydrogens is 534 g/mol. The fourth-order valence-corrected chi connectivity index (χ4v) is 4.57. The number of nitrogens with zero attached hydrogens (tertiary/aromatic N) is 3. The van der Waals surface area contributed by atoms with E-state index in [9.17, 15) is 13.2 Å². The maximum absolute atomic E-state index is 12.6. The fraction of sp³-hybridized carbons (Fsp3) is 0.556. The Morgan fingerprint density at radius 2 is 2.07 bits per heavy atom. The Labute approximate surface area is 193 Å². The van der Waals surface area contributed by atoms with Gasteiger partial charge >= 0.3 is 6.18 Å². The van der Waals surface area contributed by atoms with Crippen LogP contribution in [0, 0.1) is 0 Å². The molecule has 0 atom stereocenters. The van der Waals surface area contributed by atoms with E-state index in [1.54, 1.807) is 18.4 Å². The first-order chi connectivity index (χ1) is 13.4. The molecule has 29 heavy (non-hydrogen) atoms. The highest BCUT2D eigenvalue weighted by Crippen LogP contribution is 2.30. The van der Waals surface area contributed by atoms with Crippen LogP contribution in [0.4, 0.5) is 13.2 Å². The second kappa shape index (κ2) is 11.5. The number of alkyl halides is 3. The summed E-state index contributed by atoms with van der Waals surface area (Å²) in [6.45, 7) is 3.55. The summed E-state index contributed by atoms with van der Waals surface area (Å²) in [5, 5.41) is 12.4. The maximum Gasteiger partial charge on any atom is 0.434 e. The van der Waals surface area contributed by atoms with Crippen molar-refractivity contribution in [2.24, 2.45) is 4.99 Å². The second-order valence-corrected chi connectivity index (χ2v) is 8.42. The van der Waals surface area contributed by atoms with Gasteiger partial charge in [-0.15, -0.1) is 35.3 Å². The lowest BCUT2D eigenvalue weighted by atomic mass is 10.0. The highest BCUT2D eigenvalue weighted by molar-refractivity contribution is 14.0. The van der Waals surface area contributed by atoms with Gasteiger partial charge in [-0.25, -0.2) is 4.98 Å². The number of likely N-dealkylation sites (tertiary alicyclic amines) is 1. The zero-order valence-corrected chi connectivity index (χ0v) is 20.0. The fourth-order valence-electron chi connectivity index (χ4n) is 3.11. The normalized spacial score (nSPS) is 16.5. The quantitative estimate of drug-likeness (QED) is 0.317. The largest absolute Gasteiger partial charge is 0.434 e. The topological polar surface area (TPSA) is 52.6 Å². The van der Waals surface area contributed by atoms with Gasteiger partial charge in [0.2, 0.25) is 0 Å².